The smallest absolute Gasteiger partial charge is 0.251 e. The Morgan fingerprint density at radius 3 is 2.38 bits per heavy atom. The molecule has 8 nitrogen and oxygen atoms in total. The van der Waals surface area contributed by atoms with Crippen molar-refractivity contribution in [2.45, 2.75) is 25.9 Å². The quantitative estimate of drug-likeness (QED) is 0.148. The highest BCUT2D eigenvalue weighted by atomic mass is 32.2. The summed E-state index contributed by atoms with van der Waals surface area (Å²) in [5.41, 5.74) is 12.4. The minimum atomic E-state index is -0.592. The zero-order valence-electron chi connectivity index (χ0n) is 19.2. The number of hydrazine groups is 1. The number of hydrogen-bond donors (Lipinski definition) is 6. The van der Waals surface area contributed by atoms with Gasteiger partial charge in [-0.3, -0.25) is 15.8 Å². The van der Waals surface area contributed by atoms with Crippen LogP contribution in [-0.2, 0) is 6.54 Å². The summed E-state index contributed by atoms with van der Waals surface area (Å²) in [6.07, 6.45) is 1.38. The highest BCUT2D eigenvalue weighted by Crippen LogP contribution is 2.27. The van der Waals surface area contributed by atoms with E-state index in [9.17, 15) is 10.0 Å². The minimum absolute atomic E-state index is 0.107. The van der Waals surface area contributed by atoms with Crippen LogP contribution >= 0.6 is 12.1 Å². The van der Waals surface area contributed by atoms with Crippen molar-refractivity contribution in [3.8, 4) is 11.1 Å². The molecule has 0 aromatic heterocycles. The van der Waals surface area contributed by atoms with Gasteiger partial charge in [0.15, 0.2) is 0 Å². The predicted molar refractivity (Wildman–Crippen MR) is 138 cm³/mol. The van der Waals surface area contributed by atoms with Crippen LogP contribution in [0.3, 0.4) is 0 Å². The van der Waals surface area contributed by atoms with Crippen LogP contribution in [0.5, 0.6) is 0 Å². The molecule has 9 heteroatoms. The van der Waals surface area contributed by atoms with Gasteiger partial charge in [0.25, 0.3) is 5.91 Å². The van der Waals surface area contributed by atoms with E-state index in [4.69, 9.17) is 11.6 Å². The van der Waals surface area contributed by atoms with E-state index < -0.39 is 5.54 Å². The Balaban J connectivity index is 1.61. The SMILES string of the molecule is CC(C)(NSN(O)c1ccc(-c2cccc(CNC(=O)c3ccccc3)c2)cc1)/C(=C/N)NN. The van der Waals surface area contributed by atoms with Crippen molar-refractivity contribution < 1.29 is 10.0 Å². The summed E-state index contributed by atoms with van der Waals surface area (Å²) in [5.74, 6) is 5.38. The van der Waals surface area contributed by atoms with E-state index in [1.54, 1.807) is 12.1 Å². The summed E-state index contributed by atoms with van der Waals surface area (Å²) in [6, 6.07) is 24.6. The lowest BCUT2D eigenvalue weighted by atomic mass is 10.0. The Hall–Kier alpha value is -3.50. The average Bonchev–Trinajstić information content (AvgIpc) is 2.87. The molecule has 3 aromatic carbocycles. The van der Waals surface area contributed by atoms with Gasteiger partial charge >= 0.3 is 0 Å². The highest BCUT2D eigenvalue weighted by molar-refractivity contribution is 7.98. The van der Waals surface area contributed by atoms with Gasteiger partial charge in [-0.2, -0.15) is 4.47 Å². The number of anilines is 1. The number of nitrogens with one attached hydrogen (secondary N) is 3. The summed E-state index contributed by atoms with van der Waals surface area (Å²) in [6.45, 7) is 4.19. The Bertz CT molecular complexity index is 1120. The zero-order valence-corrected chi connectivity index (χ0v) is 20.0. The lowest BCUT2D eigenvalue weighted by Crippen LogP contribution is -2.46. The summed E-state index contributed by atoms with van der Waals surface area (Å²) in [7, 11) is 0. The van der Waals surface area contributed by atoms with Crippen LogP contribution in [0.1, 0.15) is 29.8 Å². The second-order valence-electron chi connectivity index (χ2n) is 8.11. The maximum atomic E-state index is 12.3. The topological polar surface area (TPSA) is 129 Å². The molecule has 0 aliphatic rings. The average molecular weight is 479 g/mol. The van der Waals surface area contributed by atoms with Crippen molar-refractivity contribution in [3.05, 3.63) is 102 Å². The third-order valence-electron chi connectivity index (χ3n) is 5.22. The van der Waals surface area contributed by atoms with Gasteiger partial charge < -0.3 is 16.5 Å². The molecule has 34 heavy (non-hydrogen) atoms. The van der Waals surface area contributed by atoms with Crippen LogP contribution in [0, 0.1) is 0 Å². The molecule has 3 rings (SSSR count). The first-order valence-electron chi connectivity index (χ1n) is 10.7. The fraction of sp³-hybridized carbons (Fsp3) is 0.160. The molecular weight excluding hydrogens is 448 g/mol. The summed E-state index contributed by atoms with van der Waals surface area (Å²) in [5, 5.41) is 13.4. The van der Waals surface area contributed by atoms with Gasteiger partial charge in [0.2, 0.25) is 0 Å². The van der Waals surface area contributed by atoms with Crippen molar-refractivity contribution in [1.82, 2.24) is 15.5 Å². The summed E-state index contributed by atoms with van der Waals surface area (Å²) in [4.78, 5) is 12.3. The van der Waals surface area contributed by atoms with Crippen LogP contribution in [0.4, 0.5) is 5.69 Å². The van der Waals surface area contributed by atoms with E-state index in [1.165, 1.54) is 6.20 Å². The highest BCUT2D eigenvalue weighted by Gasteiger charge is 2.23. The van der Waals surface area contributed by atoms with Gasteiger partial charge in [0.1, 0.15) is 0 Å². The number of carbonyl (C=O) groups excluding carboxylic acids is 1. The normalized spacial score (nSPS) is 11.7. The first kappa shape index (κ1) is 25.1. The van der Waals surface area contributed by atoms with E-state index >= 15 is 0 Å². The molecule has 8 N–H and O–H groups in total. The molecule has 0 spiro atoms. The molecule has 0 radical (unpaired) electrons. The second-order valence-corrected chi connectivity index (χ2v) is 8.84. The Morgan fingerprint density at radius 1 is 1.03 bits per heavy atom. The van der Waals surface area contributed by atoms with Crippen molar-refractivity contribution in [2.24, 2.45) is 11.6 Å². The number of nitrogens with two attached hydrogens (primary N) is 2. The molecule has 0 heterocycles. The van der Waals surface area contributed by atoms with Crippen LogP contribution in [-0.4, -0.2) is 16.7 Å². The molecule has 0 fully saturated rings. The number of carbonyl (C=O) groups is 1. The van der Waals surface area contributed by atoms with E-state index in [0.29, 0.717) is 23.5 Å². The zero-order chi connectivity index (χ0) is 24.6. The minimum Gasteiger partial charge on any atom is -0.403 e. The molecule has 0 bridgehead atoms. The maximum absolute atomic E-state index is 12.3. The summed E-state index contributed by atoms with van der Waals surface area (Å²) >= 11 is 1.01. The molecule has 0 saturated carbocycles. The second kappa shape index (κ2) is 11.6. The molecule has 0 aliphatic carbocycles. The molecule has 0 aliphatic heterocycles. The molecule has 0 saturated heterocycles. The molecule has 0 atom stereocenters. The molecular formula is C25H30N6O2S. The first-order chi connectivity index (χ1) is 16.3. The number of amides is 1. The van der Waals surface area contributed by atoms with Crippen LogP contribution in [0.25, 0.3) is 11.1 Å². The predicted octanol–water partition coefficient (Wildman–Crippen LogP) is 3.67. The van der Waals surface area contributed by atoms with Gasteiger partial charge in [0.05, 0.1) is 29.1 Å². The van der Waals surface area contributed by atoms with Crippen molar-refractivity contribution in [1.29, 1.82) is 0 Å². The van der Waals surface area contributed by atoms with Gasteiger partial charge in [-0.05, 0) is 60.9 Å². The number of nitrogens with zero attached hydrogens (tertiary/aromatic N) is 1. The van der Waals surface area contributed by atoms with E-state index in [1.807, 2.05) is 80.6 Å². The maximum Gasteiger partial charge on any atom is 0.251 e. The van der Waals surface area contributed by atoms with Gasteiger partial charge in [-0.15, -0.1) is 0 Å². The van der Waals surface area contributed by atoms with E-state index in [2.05, 4.69) is 15.5 Å². The fourth-order valence-electron chi connectivity index (χ4n) is 3.22. The number of benzene rings is 3. The number of rotatable bonds is 10. The van der Waals surface area contributed by atoms with Crippen LogP contribution < -0.4 is 31.5 Å². The fourth-order valence-corrected chi connectivity index (χ4v) is 3.87. The van der Waals surface area contributed by atoms with Gasteiger partial charge in [0, 0.05) is 18.3 Å². The Labute approximate surface area is 204 Å². The van der Waals surface area contributed by atoms with E-state index in [0.717, 1.165) is 33.3 Å². The van der Waals surface area contributed by atoms with E-state index in [-0.39, 0.29) is 5.91 Å². The van der Waals surface area contributed by atoms with Crippen molar-refractivity contribution in [3.63, 3.8) is 0 Å². The molecule has 178 valence electrons. The largest absolute Gasteiger partial charge is 0.403 e. The first-order valence-corrected chi connectivity index (χ1v) is 11.5. The Kier molecular flexibility index (Phi) is 8.55. The summed E-state index contributed by atoms with van der Waals surface area (Å²) < 4.78 is 4.15. The molecule has 0 unspecified atom stereocenters. The van der Waals surface area contributed by atoms with Crippen LogP contribution in [0.2, 0.25) is 0 Å². The number of hydrogen-bond acceptors (Lipinski definition) is 8. The van der Waals surface area contributed by atoms with Gasteiger partial charge in [-0.1, -0.05) is 48.5 Å². The van der Waals surface area contributed by atoms with Crippen molar-refractivity contribution >= 4 is 23.7 Å². The Morgan fingerprint density at radius 2 is 1.74 bits per heavy atom. The third kappa shape index (κ3) is 6.52. The third-order valence-corrected chi connectivity index (χ3v) is 6.21. The standard InChI is InChI=1S/C25H30N6O2S/c1-25(2,23(16-26)29-27)30-34-31(33)22-13-11-19(12-14-22)21-10-6-7-18(15-21)17-28-24(32)20-8-4-3-5-9-20/h3-16,29-30,33H,17,26-27H2,1-2H3,(H,28,32)/b23-16-. The lowest BCUT2D eigenvalue weighted by molar-refractivity contribution is 0.0951. The molecule has 1 amide bonds. The lowest BCUT2D eigenvalue weighted by Gasteiger charge is -2.29. The van der Waals surface area contributed by atoms with Crippen LogP contribution in [0.15, 0.2) is 90.8 Å². The van der Waals surface area contributed by atoms with Gasteiger partial charge in [-0.25, -0.2) is 4.72 Å². The molecule has 3 aromatic rings. The van der Waals surface area contributed by atoms with Crippen molar-refractivity contribution in [2.75, 3.05) is 4.47 Å². The monoisotopic (exact) mass is 478 g/mol.